The first-order valence-corrected chi connectivity index (χ1v) is 6.79. The van der Waals surface area contributed by atoms with Crippen LogP contribution in [0.2, 0.25) is 0 Å². The van der Waals surface area contributed by atoms with Crippen molar-refractivity contribution in [2.45, 2.75) is 12.8 Å². The Balaban J connectivity index is 1.72. The lowest BCUT2D eigenvalue weighted by Gasteiger charge is -2.08. The molecular formula is C14H9BrF3NO2. The minimum Gasteiger partial charge on any atom is -0.395 e. The van der Waals surface area contributed by atoms with Gasteiger partial charge in [0, 0.05) is 22.8 Å². The molecule has 0 bridgehead atoms. The standard InChI is InChI=1S/C14H9BrF3NO2/c15-9-3-8(4-10(16)5-9)7-19-11-1-2-12-13(6-11)21-14(17,18)20-12/h1-6,19H,7H2. The summed E-state index contributed by atoms with van der Waals surface area (Å²) < 4.78 is 48.3. The van der Waals surface area contributed by atoms with Crippen molar-refractivity contribution < 1.29 is 22.6 Å². The molecule has 0 amide bonds. The number of benzene rings is 2. The van der Waals surface area contributed by atoms with Gasteiger partial charge in [-0.25, -0.2) is 4.39 Å². The van der Waals surface area contributed by atoms with Crippen molar-refractivity contribution >= 4 is 21.6 Å². The Bertz CT molecular complexity index is 674. The molecule has 7 heteroatoms. The van der Waals surface area contributed by atoms with Crippen LogP contribution in [0.1, 0.15) is 5.56 Å². The molecule has 1 aliphatic rings. The molecule has 0 aliphatic carbocycles. The monoisotopic (exact) mass is 359 g/mol. The highest BCUT2D eigenvalue weighted by molar-refractivity contribution is 9.10. The summed E-state index contributed by atoms with van der Waals surface area (Å²) in [7, 11) is 0. The van der Waals surface area contributed by atoms with Crippen molar-refractivity contribution in [3.05, 3.63) is 52.3 Å². The minimum atomic E-state index is -3.63. The van der Waals surface area contributed by atoms with Gasteiger partial charge < -0.3 is 14.8 Å². The van der Waals surface area contributed by atoms with Gasteiger partial charge in [-0.2, -0.15) is 0 Å². The highest BCUT2D eigenvalue weighted by Crippen LogP contribution is 2.42. The van der Waals surface area contributed by atoms with Crippen molar-refractivity contribution in [3.8, 4) is 11.5 Å². The zero-order chi connectivity index (χ0) is 15.0. The zero-order valence-electron chi connectivity index (χ0n) is 10.5. The first-order chi connectivity index (χ1) is 9.91. The van der Waals surface area contributed by atoms with E-state index in [9.17, 15) is 13.2 Å². The Hall–Kier alpha value is -1.89. The second-order valence-corrected chi connectivity index (χ2v) is 5.38. The van der Waals surface area contributed by atoms with Crippen LogP contribution in [0.5, 0.6) is 11.5 Å². The third-order valence-corrected chi connectivity index (χ3v) is 3.28. The zero-order valence-corrected chi connectivity index (χ0v) is 12.1. The van der Waals surface area contributed by atoms with E-state index in [2.05, 4.69) is 30.7 Å². The Labute approximate surface area is 126 Å². The van der Waals surface area contributed by atoms with E-state index in [0.717, 1.165) is 0 Å². The van der Waals surface area contributed by atoms with E-state index in [1.165, 1.54) is 24.3 Å². The molecule has 1 aliphatic heterocycles. The normalized spacial score (nSPS) is 15.0. The van der Waals surface area contributed by atoms with Crippen molar-refractivity contribution in [1.82, 2.24) is 0 Å². The molecule has 3 rings (SSSR count). The molecule has 0 radical (unpaired) electrons. The Morgan fingerprint density at radius 3 is 2.57 bits per heavy atom. The van der Waals surface area contributed by atoms with Gasteiger partial charge in [-0.05, 0) is 35.9 Å². The predicted molar refractivity (Wildman–Crippen MR) is 74.1 cm³/mol. The number of hydrogen-bond donors (Lipinski definition) is 1. The SMILES string of the molecule is Fc1cc(Br)cc(CNc2ccc3c(c2)OC(F)(F)O3)c1. The fourth-order valence-corrected chi connectivity index (χ4v) is 2.49. The summed E-state index contributed by atoms with van der Waals surface area (Å²) in [6.07, 6.45) is -3.63. The van der Waals surface area contributed by atoms with Crippen LogP contribution in [0.4, 0.5) is 18.9 Å². The van der Waals surface area contributed by atoms with Gasteiger partial charge in [0.1, 0.15) is 5.82 Å². The third kappa shape index (κ3) is 3.24. The van der Waals surface area contributed by atoms with Crippen LogP contribution in [0, 0.1) is 5.82 Å². The number of nitrogens with one attached hydrogen (secondary N) is 1. The molecule has 1 N–H and O–H groups in total. The van der Waals surface area contributed by atoms with Crippen LogP contribution in [-0.2, 0) is 6.54 Å². The van der Waals surface area contributed by atoms with Gasteiger partial charge in [-0.3, -0.25) is 0 Å². The molecule has 0 spiro atoms. The van der Waals surface area contributed by atoms with Gasteiger partial charge in [-0.15, -0.1) is 8.78 Å². The number of ether oxygens (including phenoxy) is 2. The maximum atomic E-state index is 13.2. The lowest BCUT2D eigenvalue weighted by atomic mass is 10.2. The lowest BCUT2D eigenvalue weighted by molar-refractivity contribution is -0.286. The van der Waals surface area contributed by atoms with Crippen molar-refractivity contribution in [1.29, 1.82) is 0 Å². The fourth-order valence-electron chi connectivity index (χ4n) is 1.98. The number of alkyl halides is 2. The molecule has 0 fully saturated rings. The predicted octanol–water partition coefficient (Wildman–Crippen LogP) is 4.52. The largest absolute Gasteiger partial charge is 0.586 e. The molecule has 110 valence electrons. The average Bonchev–Trinajstić information content (AvgIpc) is 2.68. The van der Waals surface area contributed by atoms with E-state index in [4.69, 9.17) is 0 Å². The summed E-state index contributed by atoms with van der Waals surface area (Å²) in [5.41, 5.74) is 1.28. The van der Waals surface area contributed by atoms with Gasteiger partial charge in [0.25, 0.3) is 0 Å². The number of anilines is 1. The van der Waals surface area contributed by atoms with Crippen LogP contribution in [-0.4, -0.2) is 6.29 Å². The van der Waals surface area contributed by atoms with Crippen molar-refractivity contribution in [2.24, 2.45) is 0 Å². The molecule has 0 aromatic heterocycles. The van der Waals surface area contributed by atoms with Gasteiger partial charge in [0.2, 0.25) is 0 Å². The smallest absolute Gasteiger partial charge is 0.395 e. The average molecular weight is 360 g/mol. The van der Waals surface area contributed by atoms with Crippen LogP contribution in [0.25, 0.3) is 0 Å². The first-order valence-electron chi connectivity index (χ1n) is 6.00. The van der Waals surface area contributed by atoms with Gasteiger partial charge in [0.05, 0.1) is 0 Å². The molecule has 0 unspecified atom stereocenters. The molecule has 21 heavy (non-hydrogen) atoms. The molecule has 1 heterocycles. The third-order valence-electron chi connectivity index (χ3n) is 2.82. The number of hydrogen-bond acceptors (Lipinski definition) is 3. The summed E-state index contributed by atoms with van der Waals surface area (Å²) in [5.74, 6) is -0.407. The maximum absolute atomic E-state index is 13.2. The van der Waals surface area contributed by atoms with Crippen LogP contribution >= 0.6 is 15.9 Å². The Morgan fingerprint density at radius 2 is 1.81 bits per heavy atom. The molecule has 0 saturated carbocycles. The van der Waals surface area contributed by atoms with Gasteiger partial charge in [-0.1, -0.05) is 15.9 Å². The van der Waals surface area contributed by atoms with E-state index in [-0.39, 0.29) is 17.3 Å². The number of fused-ring (bicyclic) bond motifs is 1. The quantitative estimate of drug-likeness (QED) is 0.873. The second kappa shape index (κ2) is 5.14. The maximum Gasteiger partial charge on any atom is 0.586 e. The lowest BCUT2D eigenvalue weighted by Crippen LogP contribution is -2.25. The van der Waals surface area contributed by atoms with Crippen molar-refractivity contribution in [3.63, 3.8) is 0 Å². The van der Waals surface area contributed by atoms with E-state index in [1.807, 2.05) is 0 Å². The van der Waals surface area contributed by atoms with Crippen LogP contribution in [0.3, 0.4) is 0 Å². The highest BCUT2D eigenvalue weighted by Gasteiger charge is 2.43. The van der Waals surface area contributed by atoms with E-state index < -0.39 is 6.29 Å². The number of halogens is 4. The topological polar surface area (TPSA) is 30.5 Å². The van der Waals surface area contributed by atoms with Crippen molar-refractivity contribution in [2.75, 3.05) is 5.32 Å². The molecule has 2 aromatic rings. The first kappa shape index (κ1) is 14.1. The molecule has 0 saturated heterocycles. The summed E-state index contributed by atoms with van der Waals surface area (Å²) >= 11 is 3.20. The summed E-state index contributed by atoms with van der Waals surface area (Å²) in [6.45, 7) is 0.340. The van der Waals surface area contributed by atoms with E-state index in [0.29, 0.717) is 22.3 Å². The van der Waals surface area contributed by atoms with Crippen LogP contribution < -0.4 is 14.8 Å². The Morgan fingerprint density at radius 1 is 1.05 bits per heavy atom. The molecule has 2 aromatic carbocycles. The second-order valence-electron chi connectivity index (χ2n) is 4.46. The molecule has 3 nitrogen and oxygen atoms in total. The summed E-state index contributed by atoms with van der Waals surface area (Å²) in [5, 5.41) is 3.00. The van der Waals surface area contributed by atoms with Crippen LogP contribution in [0.15, 0.2) is 40.9 Å². The van der Waals surface area contributed by atoms with Gasteiger partial charge in [0.15, 0.2) is 11.5 Å². The highest BCUT2D eigenvalue weighted by atomic mass is 79.9. The fraction of sp³-hybridized carbons (Fsp3) is 0.143. The molecular weight excluding hydrogens is 351 g/mol. The summed E-state index contributed by atoms with van der Waals surface area (Å²) in [6, 6.07) is 8.88. The van der Waals surface area contributed by atoms with E-state index in [1.54, 1.807) is 12.1 Å². The minimum absolute atomic E-state index is 0.0148. The van der Waals surface area contributed by atoms with E-state index >= 15 is 0 Å². The molecule has 0 atom stereocenters. The van der Waals surface area contributed by atoms with Gasteiger partial charge >= 0.3 is 6.29 Å². The number of rotatable bonds is 3. The summed E-state index contributed by atoms with van der Waals surface area (Å²) in [4.78, 5) is 0. The Kier molecular flexibility index (Phi) is 3.44.